The molecule has 2 fully saturated rings. The third kappa shape index (κ3) is 2.37. The Bertz CT molecular complexity index is 240. The molecule has 4 heteroatoms. The predicted molar refractivity (Wildman–Crippen MR) is 54.3 cm³/mol. The summed E-state index contributed by atoms with van der Waals surface area (Å²) in [7, 11) is 0. The minimum absolute atomic E-state index is 0.122. The number of ether oxygens (including phenoxy) is 1. The van der Waals surface area contributed by atoms with Crippen molar-refractivity contribution < 1.29 is 14.3 Å². The van der Waals surface area contributed by atoms with E-state index in [-0.39, 0.29) is 17.9 Å². The van der Waals surface area contributed by atoms with Gasteiger partial charge in [-0.05, 0) is 25.7 Å². The Kier molecular flexibility index (Phi) is 3.36. The number of nitrogens with zero attached hydrogens (tertiary/aromatic N) is 1. The lowest BCUT2D eigenvalue weighted by atomic mass is 9.98. The summed E-state index contributed by atoms with van der Waals surface area (Å²) in [5, 5.41) is 0. The Hall–Kier alpha value is -0.900. The molecule has 4 nitrogen and oxygen atoms in total. The number of amides is 1. The van der Waals surface area contributed by atoms with Crippen LogP contribution in [0.2, 0.25) is 0 Å². The van der Waals surface area contributed by atoms with E-state index in [0.29, 0.717) is 19.7 Å². The summed E-state index contributed by atoms with van der Waals surface area (Å²) in [6.45, 7) is 2.13. The highest BCUT2D eigenvalue weighted by molar-refractivity contribution is 5.81. The molecule has 0 aliphatic carbocycles. The molecule has 0 radical (unpaired) electrons. The molecule has 2 aliphatic rings. The monoisotopic (exact) mass is 211 g/mol. The number of likely N-dealkylation sites (tertiary alicyclic amines) is 1. The van der Waals surface area contributed by atoms with Gasteiger partial charge in [0.05, 0.1) is 0 Å². The second-order valence-corrected chi connectivity index (χ2v) is 4.30. The molecule has 2 aliphatic heterocycles. The average molecular weight is 211 g/mol. The Morgan fingerprint density at radius 2 is 2.00 bits per heavy atom. The van der Waals surface area contributed by atoms with Crippen molar-refractivity contribution in [3.05, 3.63) is 0 Å². The van der Waals surface area contributed by atoms with E-state index in [4.69, 9.17) is 4.74 Å². The molecule has 2 heterocycles. The molecule has 0 aromatic heterocycles. The molecule has 2 rings (SSSR count). The zero-order chi connectivity index (χ0) is 10.7. The Labute approximate surface area is 89.6 Å². The first-order valence-corrected chi connectivity index (χ1v) is 5.67. The molecule has 1 amide bonds. The fourth-order valence-electron chi connectivity index (χ4n) is 2.23. The number of carbonyl (C=O) groups excluding carboxylic acids is 2. The number of carbonyl (C=O) groups is 2. The third-order valence-corrected chi connectivity index (χ3v) is 3.25. The standard InChI is InChI=1S/C11H17NO3/c13-8-9-3-5-12(6-4-9)11(14)10-2-1-7-15-10/h8-10H,1-7H2. The first-order chi connectivity index (χ1) is 7.31. The van der Waals surface area contributed by atoms with E-state index >= 15 is 0 Å². The molecule has 84 valence electrons. The van der Waals surface area contributed by atoms with Gasteiger partial charge in [-0.3, -0.25) is 4.79 Å². The molecule has 0 saturated carbocycles. The number of aldehydes is 1. The van der Waals surface area contributed by atoms with Gasteiger partial charge >= 0.3 is 0 Å². The minimum Gasteiger partial charge on any atom is -0.368 e. The van der Waals surface area contributed by atoms with Gasteiger partial charge in [0.1, 0.15) is 12.4 Å². The lowest BCUT2D eigenvalue weighted by molar-refractivity contribution is -0.142. The van der Waals surface area contributed by atoms with E-state index < -0.39 is 0 Å². The van der Waals surface area contributed by atoms with Crippen LogP contribution in [0.4, 0.5) is 0 Å². The fourth-order valence-corrected chi connectivity index (χ4v) is 2.23. The van der Waals surface area contributed by atoms with Gasteiger partial charge in [0.25, 0.3) is 5.91 Å². The summed E-state index contributed by atoms with van der Waals surface area (Å²) >= 11 is 0. The van der Waals surface area contributed by atoms with Crippen molar-refractivity contribution >= 4 is 12.2 Å². The van der Waals surface area contributed by atoms with E-state index in [0.717, 1.165) is 32.0 Å². The van der Waals surface area contributed by atoms with Gasteiger partial charge in [0.15, 0.2) is 0 Å². The van der Waals surface area contributed by atoms with Crippen molar-refractivity contribution in [3.8, 4) is 0 Å². The first kappa shape index (κ1) is 10.6. The topological polar surface area (TPSA) is 46.6 Å². The van der Waals surface area contributed by atoms with Crippen LogP contribution in [0.3, 0.4) is 0 Å². The molecule has 0 spiro atoms. The number of rotatable bonds is 2. The second kappa shape index (κ2) is 4.75. The second-order valence-electron chi connectivity index (χ2n) is 4.30. The van der Waals surface area contributed by atoms with E-state index in [2.05, 4.69) is 0 Å². The highest BCUT2D eigenvalue weighted by atomic mass is 16.5. The Morgan fingerprint density at radius 3 is 2.53 bits per heavy atom. The molecular formula is C11H17NO3. The van der Waals surface area contributed by atoms with Crippen LogP contribution in [0.15, 0.2) is 0 Å². The van der Waals surface area contributed by atoms with Crippen LogP contribution in [0.25, 0.3) is 0 Å². The van der Waals surface area contributed by atoms with Gasteiger partial charge in [-0.15, -0.1) is 0 Å². The summed E-state index contributed by atoms with van der Waals surface area (Å²) in [5.74, 6) is 0.274. The Morgan fingerprint density at radius 1 is 1.27 bits per heavy atom. The van der Waals surface area contributed by atoms with Gasteiger partial charge in [-0.2, -0.15) is 0 Å². The first-order valence-electron chi connectivity index (χ1n) is 5.67. The van der Waals surface area contributed by atoms with Crippen LogP contribution >= 0.6 is 0 Å². The van der Waals surface area contributed by atoms with E-state index in [1.807, 2.05) is 4.90 Å². The van der Waals surface area contributed by atoms with Crippen molar-refractivity contribution in [1.82, 2.24) is 4.90 Å². The highest BCUT2D eigenvalue weighted by Gasteiger charge is 2.30. The van der Waals surface area contributed by atoms with Crippen molar-refractivity contribution in [2.45, 2.75) is 31.8 Å². The molecule has 0 N–H and O–H groups in total. The van der Waals surface area contributed by atoms with E-state index in [1.165, 1.54) is 0 Å². The van der Waals surface area contributed by atoms with Crippen LogP contribution in [0, 0.1) is 5.92 Å². The largest absolute Gasteiger partial charge is 0.368 e. The molecule has 0 aromatic rings. The van der Waals surface area contributed by atoms with Crippen LogP contribution in [-0.2, 0) is 14.3 Å². The average Bonchev–Trinajstić information content (AvgIpc) is 2.82. The normalized spacial score (nSPS) is 28.0. The number of hydrogen-bond acceptors (Lipinski definition) is 3. The minimum atomic E-state index is -0.210. The summed E-state index contributed by atoms with van der Waals surface area (Å²) < 4.78 is 5.36. The zero-order valence-corrected chi connectivity index (χ0v) is 8.85. The quantitative estimate of drug-likeness (QED) is 0.628. The van der Waals surface area contributed by atoms with Gasteiger partial charge < -0.3 is 14.4 Å². The lowest BCUT2D eigenvalue weighted by Crippen LogP contribution is -2.43. The maximum absolute atomic E-state index is 11.9. The Balaban J connectivity index is 1.84. The van der Waals surface area contributed by atoms with Crippen molar-refractivity contribution in [2.24, 2.45) is 5.92 Å². The molecule has 1 unspecified atom stereocenters. The van der Waals surface area contributed by atoms with Crippen LogP contribution in [0.1, 0.15) is 25.7 Å². The van der Waals surface area contributed by atoms with Crippen molar-refractivity contribution in [1.29, 1.82) is 0 Å². The molecule has 1 atom stereocenters. The summed E-state index contributed by atoms with van der Waals surface area (Å²) in [6.07, 6.45) is 4.25. The number of piperidine rings is 1. The smallest absolute Gasteiger partial charge is 0.251 e. The molecular weight excluding hydrogens is 194 g/mol. The SMILES string of the molecule is O=CC1CCN(C(=O)C2CCCO2)CC1. The summed E-state index contributed by atoms with van der Waals surface area (Å²) in [6, 6.07) is 0. The molecule has 0 aromatic carbocycles. The predicted octanol–water partition coefficient (Wildman–Crippen LogP) is 0.603. The van der Waals surface area contributed by atoms with Crippen LogP contribution in [0.5, 0.6) is 0 Å². The van der Waals surface area contributed by atoms with E-state index in [1.54, 1.807) is 0 Å². The van der Waals surface area contributed by atoms with Crippen LogP contribution in [-0.4, -0.2) is 42.9 Å². The molecule has 0 bridgehead atoms. The van der Waals surface area contributed by atoms with Crippen molar-refractivity contribution in [2.75, 3.05) is 19.7 Å². The van der Waals surface area contributed by atoms with Gasteiger partial charge in [0.2, 0.25) is 0 Å². The summed E-state index contributed by atoms with van der Waals surface area (Å²) in [5.41, 5.74) is 0. The maximum atomic E-state index is 11.9. The van der Waals surface area contributed by atoms with Crippen molar-refractivity contribution in [3.63, 3.8) is 0 Å². The van der Waals surface area contributed by atoms with Gasteiger partial charge in [-0.25, -0.2) is 0 Å². The molecule has 15 heavy (non-hydrogen) atoms. The highest BCUT2D eigenvalue weighted by Crippen LogP contribution is 2.19. The third-order valence-electron chi connectivity index (χ3n) is 3.25. The van der Waals surface area contributed by atoms with E-state index in [9.17, 15) is 9.59 Å². The molecule has 2 saturated heterocycles. The van der Waals surface area contributed by atoms with Crippen LogP contribution < -0.4 is 0 Å². The zero-order valence-electron chi connectivity index (χ0n) is 8.85. The summed E-state index contributed by atoms with van der Waals surface area (Å²) in [4.78, 5) is 24.3. The van der Waals surface area contributed by atoms with Gasteiger partial charge in [-0.1, -0.05) is 0 Å². The number of hydrogen-bond donors (Lipinski definition) is 0. The lowest BCUT2D eigenvalue weighted by Gasteiger charge is -2.31. The van der Waals surface area contributed by atoms with Gasteiger partial charge in [0, 0.05) is 25.6 Å². The maximum Gasteiger partial charge on any atom is 0.251 e. The fraction of sp³-hybridized carbons (Fsp3) is 0.818.